The maximum absolute atomic E-state index is 10.1. The summed E-state index contributed by atoms with van der Waals surface area (Å²) in [5, 5.41) is 10.1. The van der Waals surface area contributed by atoms with Gasteiger partial charge < -0.3 is 14.7 Å². The first kappa shape index (κ1) is 16.2. The van der Waals surface area contributed by atoms with Crippen molar-refractivity contribution in [3.63, 3.8) is 0 Å². The smallest absolute Gasteiger partial charge is 0.0793 e. The van der Waals surface area contributed by atoms with Crippen LogP contribution < -0.4 is 0 Å². The third kappa shape index (κ3) is 6.40. The van der Waals surface area contributed by atoms with Gasteiger partial charge in [-0.05, 0) is 12.6 Å². The van der Waals surface area contributed by atoms with Crippen LogP contribution >= 0.6 is 0 Å². The molecule has 1 atom stereocenters. The second-order valence-electron chi connectivity index (χ2n) is 5.60. The number of β-amino-alcohol motifs (C(OH)–C–C–N with tert-alkyl or cyclic N) is 1. The summed E-state index contributed by atoms with van der Waals surface area (Å²) in [6.07, 6.45) is 3.94. The molecule has 21 heavy (non-hydrogen) atoms. The molecule has 0 aromatic heterocycles. The van der Waals surface area contributed by atoms with Gasteiger partial charge in [0.05, 0.1) is 19.3 Å². The summed E-state index contributed by atoms with van der Waals surface area (Å²) in [5.74, 6) is 0. The molecule has 4 nitrogen and oxygen atoms in total. The fourth-order valence-electron chi connectivity index (χ4n) is 2.51. The zero-order valence-corrected chi connectivity index (χ0v) is 12.8. The standard InChI is InChI=1S/C17H26N2O2/c1-18(9-5-8-16-6-3-2-4-7-16)14-17(20)15-19-10-12-21-13-11-19/h2-8,17,20H,9-15H2,1H3/b8-5+. The fraction of sp³-hybridized carbons (Fsp3) is 0.529. The lowest BCUT2D eigenvalue weighted by atomic mass is 10.2. The van der Waals surface area contributed by atoms with Crippen LogP contribution in [-0.2, 0) is 4.74 Å². The van der Waals surface area contributed by atoms with Crippen LogP contribution in [0.15, 0.2) is 36.4 Å². The van der Waals surface area contributed by atoms with Crippen molar-refractivity contribution >= 4 is 6.08 Å². The predicted octanol–water partition coefficient (Wildman–Crippen LogP) is 1.32. The van der Waals surface area contributed by atoms with E-state index in [9.17, 15) is 5.11 Å². The van der Waals surface area contributed by atoms with Gasteiger partial charge in [-0.3, -0.25) is 4.90 Å². The SMILES string of the molecule is CN(C/C=C/c1ccccc1)CC(O)CN1CCOCC1. The summed E-state index contributed by atoms with van der Waals surface area (Å²) in [5.41, 5.74) is 1.21. The van der Waals surface area contributed by atoms with Crippen molar-refractivity contribution in [2.45, 2.75) is 6.10 Å². The van der Waals surface area contributed by atoms with Crippen LogP contribution in [0.3, 0.4) is 0 Å². The van der Waals surface area contributed by atoms with Crippen LogP contribution in [0, 0.1) is 0 Å². The van der Waals surface area contributed by atoms with Gasteiger partial charge in [-0.25, -0.2) is 0 Å². The maximum Gasteiger partial charge on any atom is 0.0793 e. The number of morpholine rings is 1. The molecule has 1 aliphatic rings. The van der Waals surface area contributed by atoms with E-state index in [1.54, 1.807) is 0 Å². The molecule has 1 aliphatic heterocycles. The number of rotatable bonds is 7. The lowest BCUT2D eigenvalue weighted by Gasteiger charge is -2.29. The number of aliphatic hydroxyl groups is 1. The van der Waals surface area contributed by atoms with Crippen molar-refractivity contribution < 1.29 is 9.84 Å². The highest BCUT2D eigenvalue weighted by Gasteiger charge is 2.15. The lowest BCUT2D eigenvalue weighted by molar-refractivity contribution is 0.00936. The van der Waals surface area contributed by atoms with Gasteiger partial charge in [-0.15, -0.1) is 0 Å². The molecule has 4 heteroatoms. The zero-order valence-electron chi connectivity index (χ0n) is 12.8. The second-order valence-corrected chi connectivity index (χ2v) is 5.60. The summed E-state index contributed by atoms with van der Waals surface area (Å²) < 4.78 is 5.31. The van der Waals surface area contributed by atoms with Crippen LogP contribution in [0.4, 0.5) is 0 Å². The molecule has 0 saturated carbocycles. The molecule has 116 valence electrons. The Labute approximate surface area is 127 Å². The molecule has 0 spiro atoms. The Bertz CT molecular complexity index is 416. The molecule has 1 N–H and O–H groups in total. The van der Waals surface area contributed by atoms with Crippen molar-refractivity contribution in [3.8, 4) is 0 Å². The van der Waals surface area contributed by atoms with Gasteiger partial charge in [-0.2, -0.15) is 0 Å². The molecule has 1 saturated heterocycles. The van der Waals surface area contributed by atoms with Crippen LogP contribution in [0.1, 0.15) is 5.56 Å². The van der Waals surface area contributed by atoms with Gasteiger partial charge in [0.15, 0.2) is 0 Å². The minimum absolute atomic E-state index is 0.307. The van der Waals surface area contributed by atoms with Crippen LogP contribution in [0.5, 0.6) is 0 Å². The first-order valence-electron chi connectivity index (χ1n) is 7.62. The Hall–Kier alpha value is -1.20. The highest BCUT2D eigenvalue weighted by molar-refractivity contribution is 5.48. The highest BCUT2D eigenvalue weighted by Crippen LogP contribution is 2.02. The lowest BCUT2D eigenvalue weighted by Crippen LogP contribution is -2.44. The number of aliphatic hydroxyl groups excluding tert-OH is 1. The molecule has 1 heterocycles. The van der Waals surface area contributed by atoms with Crippen LogP contribution in [0.25, 0.3) is 6.08 Å². The second kappa shape index (κ2) is 8.95. The van der Waals surface area contributed by atoms with E-state index < -0.39 is 0 Å². The highest BCUT2D eigenvalue weighted by atomic mass is 16.5. The minimum atomic E-state index is -0.307. The quantitative estimate of drug-likeness (QED) is 0.822. The van der Waals surface area contributed by atoms with E-state index >= 15 is 0 Å². The van der Waals surface area contributed by atoms with Crippen molar-refractivity contribution in [2.24, 2.45) is 0 Å². The van der Waals surface area contributed by atoms with Gasteiger partial charge in [0.1, 0.15) is 0 Å². The normalized spacial score (nSPS) is 18.4. The first-order valence-corrected chi connectivity index (χ1v) is 7.62. The van der Waals surface area contributed by atoms with Crippen molar-refractivity contribution in [3.05, 3.63) is 42.0 Å². The van der Waals surface area contributed by atoms with Crippen molar-refractivity contribution in [1.82, 2.24) is 9.80 Å². The first-order chi connectivity index (χ1) is 10.2. The van der Waals surface area contributed by atoms with E-state index in [4.69, 9.17) is 4.74 Å². The Balaban J connectivity index is 1.66. The molecule has 1 aromatic rings. The average Bonchev–Trinajstić information content (AvgIpc) is 2.49. The molecule has 0 radical (unpaired) electrons. The molecule has 0 amide bonds. The minimum Gasteiger partial charge on any atom is -0.390 e. The molecular formula is C17H26N2O2. The molecule has 0 aliphatic carbocycles. The largest absolute Gasteiger partial charge is 0.390 e. The van der Waals surface area contributed by atoms with E-state index in [2.05, 4.69) is 34.1 Å². The van der Waals surface area contributed by atoms with Crippen molar-refractivity contribution in [2.75, 3.05) is 53.0 Å². The Morgan fingerprint density at radius 3 is 2.71 bits per heavy atom. The molecular weight excluding hydrogens is 264 g/mol. The fourth-order valence-corrected chi connectivity index (χ4v) is 2.51. The average molecular weight is 290 g/mol. The number of nitrogens with zero attached hydrogens (tertiary/aromatic N) is 2. The molecule has 2 rings (SSSR count). The summed E-state index contributed by atoms with van der Waals surface area (Å²) in [6, 6.07) is 10.3. The number of ether oxygens (including phenoxy) is 1. The summed E-state index contributed by atoms with van der Waals surface area (Å²) in [6.45, 7) is 5.68. The van der Waals surface area contributed by atoms with Gasteiger partial charge in [0, 0.05) is 32.7 Å². The molecule has 0 bridgehead atoms. The monoisotopic (exact) mass is 290 g/mol. The summed E-state index contributed by atoms with van der Waals surface area (Å²) in [7, 11) is 2.04. The predicted molar refractivity (Wildman–Crippen MR) is 86.2 cm³/mol. The number of hydrogen-bond acceptors (Lipinski definition) is 4. The zero-order chi connectivity index (χ0) is 14.9. The molecule has 1 unspecified atom stereocenters. The van der Waals surface area contributed by atoms with E-state index in [1.165, 1.54) is 5.56 Å². The van der Waals surface area contributed by atoms with Gasteiger partial charge >= 0.3 is 0 Å². The Kier molecular flexibility index (Phi) is 6.89. The van der Waals surface area contributed by atoms with E-state index in [0.29, 0.717) is 6.54 Å². The number of hydrogen-bond donors (Lipinski definition) is 1. The number of benzene rings is 1. The van der Waals surface area contributed by atoms with E-state index in [0.717, 1.165) is 39.4 Å². The maximum atomic E-state index is 10.1. The van der Waals surface area contributed by atoms with Crippen LogP contribution in [-0.4, -0.2) is 74.0 Å². The van der Waals surface area contributed by atoms with E-state index in [-0.39, 0.29) is 6.10 Å². The third-order valence-electron chi connectivity index (χ3n) is 3.62. The van der Waals surface area contributed by atoms with E-state index in [1.807, 2.05) is 25.2 Å². The Morgan fingerprint density at radius 1 is 1.29 bits per heavy atom. The third-order valence-corrected chi connectivity index (χ3v) is 3.62. The molecule has 1 aromatic carbocycles. The van der Waals surface area contributed by atoms with Gasteiger partial charge in [-0.1, -0.05) is 42.5 Å². The van der Waals surface area contributed by atoms with Gasteiger partial charge in [0.2, 0.25) is 0 Å². The summed E-state index contributed by atoms with van der Waals surface area (Å²) in [4.78, 5) is 4.41. The van der Waals surface area contributed by atoms with Crippen LogP contribution in [0.2, 0.25) is 0 Å². The number of likely N-dealkylation sites (N-methyl/N-ethyl adjacent to an activating group) is 1. The Morgan fingerprint density at radius 2 is 2.00 bits per heavy atom. The van der Waals surface area contributed by atoms with Crippen molar-refractivity contribution in [1.29, 1.82) is 0 Å². The topological polar surface area (TPSA) is 35.9 Å². The molecule has 1 fully saturated rings. The van der Waals surface area contributed by atoms with Gasteiger partial charge in [0.25, 0.3) is 0 Å². The summed E-state index contributed by atoms with van der Waals surface area (Å²) >= 11 is 0.